The van der Waals surface area contributed by atoms with Gasteiger partial charge in [0.2, 0.25) is 5.88 Å². The smallest absolute Gasteiger partial charge is 0.408 e. The van der Waals surface area contributed by atoms with Gasteiger partial charge in [-0.3, -0.25) is 24.1 Å². The molecule has 0 spiro atoms. The van der Waals surface area contributed by atoms with E-state index in [2.05, 4.69) is 56.6 Å². The molecule has 5 heterocycles. The number of amides is 2. The molecular weight excluding hydrogens is 1200 g/mol. The number of aromatic hydroxyl groups is 1. The van der Waals surface area contributed by atoms with Crippen molar-refractivity contribution in [2.24, 2.45) is 52.5 Å². The van der Waals surface area contributed by atoms with Gasteiger partial charge in [0, 0.05) is 70.5 Å². The first kappa shape index (κ1) is 76.5. The third kappa shape index (κ3) is 20.8. The summed E-state index contributed by atoms with van der Waals surface area (Å²) in [5.74, 6) is -8.65. The Bertz CT molecular complexity index is 2750. The number of oxime groups is 1. The van der Waals surface area contributed by atoms with Crippen molar-refractivity contribution in [1.29, 1.82) is 0 Å². The summed E-state index contributed by atoms with van der Waals surface area (Å²) in [6.45, 7) is 28.2. The number of nitrogens with one attached hydrogen (secondary N) is 2. The number of aliphatic hydroxyl groups is 2. The molecule has 0 bridgehead atoms. The monoisotopic (exact) mass is 1310 g/mol. The summed E-state index contributed by atoms with van der Waals surface area (Å²) >= 11 is 0. The molecule has 5 N–H and O–H groups in total. The Kier molecular flexibility index (Phi) is 28.4. The fourth-order valence-electron chi connectivity index (χ4n) is 13.8. The molecule has 1 aromatic carbocycles. The number of cyclic esters (lactones) is 1. The predicted molar refractivity (Wildman–Crippen MR) is 342 cm³/mol. The zero-order valence-corrected chi connectivity index (χ0v) is 58.0. The van der Waals surface area contributed by atoms with E-state index >= 15 is 9.59 Å². The van der Waals surface area contributed by atoms with Crippen LogP contribution in [-0.4, -0.2) is 210 Å². The van der Waals surface area contributed by atoms with E-state index in [4.69, 9.17) is 52.2 Å². The number of rotatable bonds is 22. The molecule has 4 fully saturated rings. The van der Waals surface area contributed by atoms with Crippen molar-refractivity contribution in [2.75, 3.05) is 47.6 Å². The van der Waals surface area contributed by atoms with Gasteiger partial charge in [0.1, 0.15) is 49.4 Å². The van der Waals surface area contributed by atoms with Crippen LogP contribution in [-0.2, 0) is 73.0 Å². The molecule has 0 radical (unpaired) electrons. The van der Waals surface area contributed by atoms with Crippen LogP contribution in [0, 0.1) is 47.3 Å². The highest BCUT2D eigenvalue weighted by molar-refractivity contribution is 5.93. The molecule has 2 aromatic rings. The van der Waals surface area contributed by atoms with Crippen LogP contribution < -0.4 is 10.6 Å². The van der Waals surface area contributed by atoms with Crippen LogP contribution in [0.4, 0.5) is 4.79 Å². The lowest BCUT2D eigenvalue weighted by Crippen LogP contribution is -2.59. The third-order valence-corrected chi connectivity index (χ3v) is 18.7. The van der Waals surface area contributed by atoms with Crippen LogP contribution >= 0.6 is 0 Å². The fraction of sp³-hybridized carbons (Fsp3) is 0.765. The highest BCUT2D eigenvalue weighted by Crippen LogP contribution is 2.41. The van der Waals surface area contributed by atoms with Gasteiger partial charge in [-0.05, 0) is 97.5 Å². The van der Waals surface area contributed by atoms with Gasteiger partial charge in [0.15, 0.2) is 24.0 Å². The number of carbonyl (C=O) groups excluding carboxylic acids is 5. The summed E-state index contributed by atoms with van der Waals surface area (Å²) in [6.07, 6.45) is -9.76. The Balaban J connectivity index is 1.49. The lowest BCUT2D eigenvalue weighted by molar-refractivity contribution is -0.305. The highest BCUT2D eigenvalue weighted by Gasteiger charge is 2.53. The quantitative estimate of drug-likeness (QED) is 0.0451. The number of likely N-dealkylation sites (tertiary alicyclic amines) is 1. The molecule has 2 amide bonds. The maximum Gasteiger partial charge on any atom is 0.408 e. The van der Waals surface area contributed by atoms with Crippen LogP contribution in [0.1, 0.15) is 152 Å². The van der Waals surface area contributed by atoms with E-state index in [1.165, 1.54) is 33.8 Å². The number of aliphatic hydroxyl groups excluding tert-OH is 2. The fourth-order valence-corrected chi connectivity index (χ4v) is 13.8. The van der Waals surface area contributed by atoms with Crippen molar-refractivity contribution < 1.29 is 91.5 Å². The number of nitrogens with zero attached hydrogens (tertiary/aromatic N) is 4. The summed E-state index contributed by atoms with van der Waals surface area (Å²) in [6, 6.07) is 10.4. The van der Waals surface area contributed by atoms with Crippen LogP contribution in [0.25, 0.3) is 0 Å². The minimum Gasteiger partial charge on any atom is -0.492 e. The number of ketones is 1. The number of aromatic nitrogens is 2. The number of hydrogen-bond donors (Lipinski definition) is 5. The number of ether oxygens (including phenoxy) is 10. The number of hydrogen-bond acceptors (Lipinski definition) is 23. The molecule has 524 valence electrons. The van der Waals surface area contributed by atoms with Gasteiger partial charge >= 0.3 is 18.0 Å². The second kappa shape index (κ2) is 34.5. The maximum absolute atomic E-state index is 16.2. The molecule has 1 unspecified atom stereocenters. The molecular formula is C68H108N6O19. The normalized spacial score (nSPS) is 35.4. The molecule has 0 aliphatic carbocycles. The average molecular weight is 1310 g/mol. The van der Waals surface area contributed by atoms with Gasteiger partial charge < -0.3 is 78.2 Å². The Morgan fingerprint density at radius 1 is 0.839 bits per heavy atom. The highest BCUT2D eigenvalue weighted by atomic mass is 16.7. The number of esters is 2. The van der Waals surface area contributed by atoms with Gasteiger partial charge in [-0.1, -0.05) is 90.9 Å². The van der Waals surface area contributed by atoms with Gasteiger partial charge in [-0.15, -0.1) is 0 Å². The molecule has 4 aliphatic rings. The molecule has 25 heteroatoms. The summed E-state index contributed by atoms with van der Waals surface area (Å²) in [5.41, 5.74) is -1.92. The number of Topliss-reactive ketones (excluding diaryl/α,β-unsaturated/α-hetero) is 1. The Morgan fingerprint density at radius 2 is 1.53 bits per heavy atom. The van der Waals surface area contributed by atoms with Crippen molar-refractivity contribution in [3.63, 3.8) is 0 Å². The molecule has 25 nitrogen and oxygen atoms in total. The Labute approximate surface area is 549 Å². The summed E-state index contributed by atoms with van der Waals surface area (Å²) in [7, 11) is 4.27. The summed E-state index contributed by atoms with van der Waals surface area (Å²) < 4.78 is 64.9. The van der Waals surface area contributed by atoms with Crippen LogP contribution in [0.3, 0.4) is 0 Å². The van der Waals surface area contributed by atoms with Crippen molar-refractivity contribution in [3.05, 3.63) is 54.0 Å². The van der Waals surface area contributed by atoms with Crippen molar-refractivity contribution in [2.45, 2.75) is 239 Å². The molecule has 1 aromatic heterocycles. The lowest BCUT2D eigenvalue weighted by Gasteiger charge is -2.45. The van der Waals surface area contributed by atoms with E-state index in [1.807, 2.05) is 45.9 Å². The number of methoxy groups -OCH3 is 2. The first-order valence-corrected chi connectivity index (χ1v) is 33.1. The number of carbonyl (C=O) groups is 5. The van der Waals surface area contributed by atoms with E-state index in [1.54, 1.807) is 55.4 Å². The average Bonchev–Trinajstić information content (AvgIpc) is 0.960. The first-order chi connectivity index (χ1) is 43.8. The minimum absolute atomic E-state index is 0.0335. The standard InChI is InChI=1S/C68H108N6O19/c1-36(2)26-52(76)90-57-43(9)56(39(5)34-86-65-60(84-17)59(83-16)53(77)46(12)88-65)91-63(81)45(11)58(89-48-27-37(3)33-74(40(6)28-48)25-24-47-22-20-19-21-23-47)42(8)55(92-64-54(78)49(73-85-18)29-41(7)87-64)38(4)30-68(15,61(79)44(57)10)93-66(82)72-67(13,14)35-71-62(80)50-31-70-51(75)32-69-50/h19-23,31-32,36-46,48,53-60,64-65,77-78H,24-30,33-35H2,1-18H3,(H,70,75)(H,71,80)(H,72,82)/b73-49+/t37-,38+,39+,40?,41-,42-,43+,44-,45-,46-,48-,53-,54-,55+,56-,57-,58+,59-,60-,64+,65-,68+/m1/s1. The van der Waals surface area contributed by atoms with Gasteiger partial charge in [-0.25, -0.2) is 14.8 Å². The van der Waals surface area contributed by atoms with E-state index in [-0.39, 0.29) is 67.6 Å². The van der Waals surface area contributed by atoms with E-state index < -0.39 is 156 Å². The third-order valence-electron chi connectivity index (χ3n) is 18.7. The minimum atomic E-state index is -2.09. The second-order valence-electron chi connectivity index (χ2n) is 28.0. The van der Waals surface area contributed by atoms with Crippen LogP contribution in [0.15, 0.2) is 47.9 Å². The van der Waals surface area contributed by atoms with Crippen molar-refractivity contribution in [1.82, 2.24) is 25.5 Å². The summed E-state index contributed by atoms with van der Waals surface area (Å²) in [4.78, 5) is 89.4. The van der Waals surface area contributed by atoms with E-state index in [9.17, 15) is 29.7 Å². The first-order valence-electron chi connectivity index (χ1n) is 33.1. The van der Waals surface area contributed by atoms with Gasteiger partial charge in [0.05, 0.1) is 72.6 Å². The lowest BCUT2D eigenvalue weighted by atomic mass is 9.74. The van der Waals surface area contributed by atoms with Gasteiger partial charge in [0.25, 0.3) is 5.91 Å². The molecule has 93 heavy (non-hydrogen) atoms. The number of alkyl carbamates (subject to hydrolysis) is 1. The summed E-state index contributed by atoms with van der Waals surface area (Å²) in [5, 5.41) is 42.4. The number of benzene rings is 1. The Hall–Kier alpha value is -5.48. The zero-order valence-electron chi connectivity index (χ0n) is 58.0. The second-order valence-corrected chi connectivity index (χ2v) is 28.0. The van der Waals surface area contributed by atoms with Crippen LogP contribution in [0.5, 0.6) is 5.88 Å². The SMILES string of the molecule is CO/N=C1\C[C@@H](C)O[C@@H](O[C@@H]2[C@@H](C)[C@H](O[C@H]3CC(C)N(CCc4ccccc4)C[C@H](C)C3)[C@@H](C)C(=O)O[C@H]([C@@H](C)CO[C@@H]3O[C@H](C)[C@@H](O)[C@@H](OC)[C@H]3OC)[C@H](C)[C@@H](OC(=O)CC(C)C)[C@@H](C)C(=O)[C@@](C)(OC(=O)NC(C)(C)CNC(=O)c3cnc(O)cn3)C[C@@H]2C)[C@@H]1O. The van der Waals surface area contributed by atoms with E-state index in [0.29, 0.717) is 12.8 Å². The molecule has 6 rings (SSSR count). The van der Waals surface area contributed by atoms with Crippen LogP contribution in [0.2, 0.25) is 0 Å². The zero-order chi connectivity index (χ0) is 68.8. The Morgan fingerprint density at radius 3 is 2.16 bits per heavy atom. The largest absolute Gasteiger partial charge is 0.492 e. The molecule has 4 aliphatic heterocycles. The maximum atomic E-state index is 16.2. The van der Waals surface area contributed by atoms with Gasteiger partial charge in [-0.2, -0.15) is 0 Å². The molecule has 4 saturated heterocycles. The molecule has 0 saturated carbocycles. The topological polar surface area (TPSA) is 313 Å². The van der Waals surface area contributed by atoms with Crippen molar-refractivity contribution >= 4 is 35.4 Å². The van der Waals surface area contributed by atoms with E-state index in [0.717, 1.165) is 31.9 Å². The molecule has 22 atom stereocenters. The van der Waals surface area contributed by atoms with Crippen molar-refractivity contribution in [3.8, 4) is 5.88 Å². The predicted octanol–water partition coefficient (Wildman–Crippen LogP) is 6.99.